The van der Waals surface area contributed by atoms with Gasteiger partial charge in [-0.2, -0.15) is 0 Å². The number of rotatable bonds is 1. The zero-order chi connectivity index (χ0) is 12.5. The largest absolute Gasteiger partial charge is 0.372 e. The third-order valence-electron chi connectivity index (χ3n) is 3.62. The first-order valence-corrected chi connectivity index (χ1v) is 6.46. The number of nitrogens with one attached hydrogen (secondary N) is 1. The Hall–Kier alpha value is -1.10. The van der Waals surface area contributed by atoms with E-state index in [0.717, 1.165) is 30.8 Å². The molecule has 1 N–H and O–H groups in total. The monoisotopic (exact) mass is 282 g/mol. The summed E-state index contributed by atoms with van der Waals surface area (Å²) >= 11 is 0. The van der Waals surface area contributed by atoms with Crippen molar-refractivity contribution in [2.75, 3.05) is 19.6 Å². The molecule has 3 rings (SSSR count). The molecule has 5 heteroatoms. The molecule has 2 heterocycles. The number of nitrogens with zero attached hydrogens (tertiary/aromatic N) is 1. The lowest BCUT2D eigenvalue weighted by atomic mass is 10.0. The van der Waals surface area contributed by atoms with Gasteiger partial charge >= 0.3 is 0 Å². The molecule has 0 aromatic heterocycles. The van der Waals surface area contributed by atoms with Crippen molar-refractivity contribution in [1.82, 2.24) is 10.2 Å². The average molecular weight is 283 g/mol. The van der Waals surface area contributed by atoms with E-state index < -0.39 is 0 Å². The van der Waals surface area contributed by atoms with Gasteiger partial charge in [-0.3, -0.25) is 4.79 Å². The van der Waals surface area contributed by atoms with E-state index >= 15 is 0 Å². The van der Waals surface area contributed by atoms with E-state index in [2.05, 4.69) is 12.2 Å². The molecule has 1 amide bonds. The smallest absolute Gasteiger partial charge is 0.253 e. The number of carbonyl (C=O) groups excluding carboxylic acids is 1. The van der Waals surface area contributed by atoms with Crippen molar-refractivity contribution in [1.29, 1.82) is 0 Å². The molecule has 1 aromatic rings. The van der Waals surface area contributed by atoms with Crippen LogP contribution >= 0.6 is 12.4 Å². The molecule has 0 bridgehead atoms. The molecule has 1 fully saturated rings. The second kappa shape index (κ2) is 5.90. The van der Waals surface area contributed by atoms with Crippen LogP contribution in [0.1, 0.15) is 28.4 Å². The summed E-state index contributed by atoms with van der Waals surface area (Å²) in [6, 6.07) is 6.29. The molecule has 1 saturated heterocycles. The van der Waals surface area contributed by atoms with Crippen LogP contribution in [0.15, 0.2) is 18.2 Å². The van der Waals surface area contributed by atoms with Crippen molar-refractivity contribution in [2.24, 2.45) is 0 Å². The minimum atomic E-state index is 0. The van der Waals surface area contributed by atoms with Gasteiger partial charge in [-0.15, -0.1) is 12.4 Å². The molecule has 0 aliphatic carbocycles. The SMILES string of the molecule is C[C@@H]1CN(C(=O)c2ccc3c(c2)COC3)CCN1.Cl. The molecule has 2 aliphatic heterocycles. The summed E-state index contributed by atoms with van der Waals surface area (Å²) in [6.45, 7) is 5.86. The number of hydrogen-bond donors (Lipinski definition) is 1. The van der Waals surface area contributed by atoms with Gasteiger partial charge < -0.3 is 15.0 Å². The Morgan fingerprint density at radius 1 is 1.37 bits per heavy atom. The predicted molar refractivity (Wildman–Crippen MR) is 75.6 cm³/mol. The molecule has 2 aliphatic rings. The van der Waals surface area contributed by atoms with Gasteiger partial charge in [0.25, 0.3) is 5.91 Å². The van der Waals surface area contributed by atoms with Gasteiger partial charge in [-0.1, -0.05) is 6.07 Å². The van der Waals surface area contributed by atoms with Crippen molar-refractivity contribution in [3.8, 4) is 0 Å². The summed E-state index contributed by atoms with van der Waals surface area (Å²) in [6.07, 6.45) is 0. The first kappa shape index (κ1) is 14.3. The highest BCUT2D eigenvalue weighted by Gasteiger charge is 2.22. The van der Waals surface area contributed by atoms with Crippen LogP contribution in [-0.2, 0) is 18.0 Å². The zero-order valence-corrected chi connectivity index (χ0v) is 11.8. The zero-order valence-electron chi connectivity index (χ0n) is 11.0. The Morgan fingerprint density at radius 3 is 2.95 bits per heavy atom. The number of halogens is 1. The van der Waals surface area contributed by atoms with Crippen molar-refractivity contribution in [3.63, 3.8) is 0 Å². The van der Waals surface area contributed by atoms with Crippen LogP contribution in [0.3, 0.4) is 0 Å². The lowest BCUT2D eigenvalue weighted by molar-refractivity contribution is 0.0709. The van der Waals surface area contributed by atoms with Crippen molar-refractivity contribution in [2.45, 2.75) is 26.2 Å². The van der Waals surface area contributed by atoms with Gasteiger partial charge in [0.05, 0.1) is 13.2 Å². The van der Waals surface area contributed by atoms with Crippen LogP contribution in [0.25, 0.3) is 0 Å². The van der Waals surface area contributed by atoms with Gasteiger partial charge in [-0.25, -0.2) is 0 Å². The molecule has 0 unspecified atom stereocenters. The van der Waals surface area contributed by atoms with Crippen LogP contribution in [0.5, 0.6) is 0 Å². The molecular formula is C14H19ClN2O2. The van der Waals surface area contributed by atoms with Crippen molar-refractivity contribution >= 4 is 18.3 Å². The minimum Gasteiger partial charge on any atom is -0.372 e. The van der Waals surface area contributed by atoms with E-state index in [0.29, 0.717) is 19.3 Å². The Bertz CT molecular complexity index is 479. The molecule has 1 atom stereocenters. The first-order chi connectivity index (χ1) is 8.74. The fourth-order valence-electron chi connectivity index (χ4n) is 2.60. The summed E-state index contributed by atoms with van der Waals surface area (Å²) in [5.41, 5.74) is 3.15. The highest BCUT2D eigenvalue weighted by molar-refractivity contribution is 5.94. The lowest BCUT2D eigenvalue weighted by Crippen LogP contribution is -2.51. The fraction of sp³-hybridized carbons (Fsp3) is 0.500. The quantitative estimate of drug-likeness (QED) is 0.850. The number of ether oxygens (including phenoxy) is 1. The highest BCUT2D eigenvalue weighted by atomic mass is 35.5. The Labute approximate surface area is 119 Å². The van der Waals surface area contributed by atoms with Crippen molar-refractivity contribution < 1.29 is 9.53 Å². The van der Waals surface area contributed by atoms with Gasteiger partial charge in [0.15, 0.2) is 0 Å². The van der Waals surface area contributed by atoms with E-state index in [9.17, 15) is 4.79 Å². The predicted octanol–water partition coefficient (Wildman–Crippen LogP) is 1.57. The van der Waals surface area contributed by atoms with Gasteiger partial charge in [0.2, 0.25) is 0 Å². The maximum atomic E-state index is 12.4. The molecule has 0 spiro atoms. The van der Waals surface area contributed by atoms with Crippen LogP contribution in [0.2, 0.25) is 0 Å². The third kappa shape index (κ3) is 2.91. The highest BCUT2D eigenvalue weighted by Crippen LogP contribution is 2.21. The third-order valence-corrected chi connectivity index (χ3v) is 3.62. The fourth-order valence-corrected chi connectivity index (χ4v) is 2.60. The van der Waals surface area contributed by atoms with Gasteiger partial charge in [-0.05, 0) is 30.2 Å². The number of piperazine rings is 1. The molecule has 4 nitrogen and oxygen atoms in total. The van der Waals surface area contributed by atoms with E-state index in [-0.39, 0.29) is 18.3 Å². The summed E-state index contributed by atoms with van der Waals surface area (Å²) in [4.78, 5) is 14.3. The standard InChI is InChI=1S/C14H18N2O2.ClH/c1-10-7-16(5-4-15-10)14(17)11-2-3-12-8-18-9-13(12)6-11;/h2-3,6,10,15H,4-5,7-9H2,1H3;1H/t10-;/m1./s1. The van der Waals surface area contributed by atoms with Crippen LogP contribution in [0, 0.1) is 0 Å². The lowest BCUT2D eigenvalue weighted by Gasteiger charge is -2.32. The van der Waals surface area contributed by atoms with Crippen LogP contribution in [0.4, 0.5) is 0 Å². The van der Waals surface area contributed by atoms with Crippen LogP contribution in [-0.4, -0.2) is 36.5 Å². The number of benzene rings is 1. The summed E-state index contributed by atoms with van der Waals surface area (Å²) in [5, 5.41) is 3.35. The maximum absolute atomic E-state index is 12.4. The Kier molecular flexibility index (Phi) is 4.45. The summed E-state index contributed by atoms with van der Waals surface area (Å²) in [5.74, 6) is 0.137. The Balaban J connectivity index is 0.00000133. The Morgan fingerprint density at radius 2 is 2.16 bits per heavy atom. The van der Waals surface area contributed by atoms with Crippen molar-refractivity contribution in [3.05, 3.63) is 34.9 Å². The molecule has 104 valence electrons. The minimum absolute atomic E-state index is 0. The number of carbonyl (C=O) groups is 1. The summed E-state index contributed by atoms with van der Waals surface area (Å²) < 4.78 is 5.38. The van der Waals surface area contributed by atoms with E-state index in [1.54, 1.807) is 0 Å². The first-order valence-electron chi connectivity index (χ1n) is 6.46. The van der Waals surface area contributed by atoms with Gasteiger partial charge in [0, 0.05) is 31.2 Å². The average Bonchev–Trinajstić information content (AvgIpc) is 2.85. The maximum Gasteiger partial charge on any atom is 0.253 e. The normalized spacial score (nSPS) is 21.7. The second-order valence-electron chi connectivity index (χ2n) is 5.08. The topological polar surface area (TPSA) is 41.6 Å². The molecule has 1 aromatic carbocycles. The molecule has 0 saturated carbocycles. The van der Waals surface area contributed by atoms with Gasteiger partial charge in [0.1, 0.15) is 0 Å². The van der Waals surface area contributed by atoms with E-state index in [1.807, 2.05) is 23.1 Å². The second-order valence-corrected chi connectivity index (χ2v) is 5.08. The summed E-state index contributed by atoms with van der Waals surface area (Å²) in [7, 11) is 0. The number of amides is 1. The van der Waals surface area contributed by atoms with E-state index in [4.69, 9.17) is 4.74 Å². The number of hydrogen-bond acceptors (Lipinski definition) is 3. The van der Waals surface area contributed by atoms with E-state index in [1.165, 1.54) is 5.56 Å². The van der Waals surface area contributed by atoms with Crippen LogP contribution < -0.4 is 5.32 Å². The number of fused-ring (bicyclic) bond motifs is 1. The molecule has 0 radical (unpaired) electrons. The molecule has 19 heavy (non-hydrogen) atoms. The molecular weight excluding hydrogens is 264 g/mol.